The van der Waals surface area contributed by atoms with Crippen LogP contribution in [0.25, 0.3) is 0 Å². The van der Waals surface area contributed by atoms with Crippen LogP contribution in [-0.4, -0.2) is 15.9 Å². The number of ether oxygens (including phenoxy) is 2. The van der Waals surface area contributed by atoms with Gasteiger partial charge in [0.1, 0.15) is 11.9 Å². The van der Waals surface area contributed by atoms with Crippen LogP contribution in [-0.2, 0) is 14.1 Å². The fraction of sp³-hybridized carbons (Fsp3) is 0.214. The summed E-state index contributed by atoms with van der Waals surface area (Å²) in [4.78, 5) is 24.0. The van der Waals surface area contributed by atoms with E-state index in [1.54, 1.807) is 18.2 Å². The van der Waals surface area contributed by atoms with E-state index in [9.17, 15) is 14.9 Å². The summed E-state index contributed by atoms with van der Waals surface area (Å²) in [5.41, 5.74) is -0.729. The van der Waals surface area contributed by atoms with Crippen molar-refractivity contribution in [2.24, 2.45) is 14.1 Å². The molecule has 2 heterocycles. The molecule has 0 radical (unpaired) electrons. The molecule has 0 amide bonds. The molecule has 1 N–H and O–H groups in total. The number of nitriles is 1. The van der Waals surface area contributed by atoms with Gasteiger partial charge in [-0.1, -0.05) is 0 Å². The van der Waals surface area contributed by atoms with Gasteiger partial charge in [-0.15, -0.1) is 0 Å². The van der Waals surface area contributed by atoms with Crippen molar-refractivity contribution in [1.29, 1.82) is 5.26 Å². The van der Waals surface area contributed by atoms with E-state index in [-0.39, 0.29) is 18.2 Å². The molecule has 22 heavy (non-hydrogen) atoms. The number of rotatable bonds is 2. The van der Waals surface area contributed by atoms with Gasteiger partial charge in [0.2, 0.25) is 6.79 Å². The highest BCUT2D eigenvalue weighted by molar-refractivity contribution is 5.65. The van der Waals surface area contributed by atoms with Crippen molar-refractivity contribution in [3.05, 3.63) is 44.6 Å². The maximum absolute atomic E-state index is 12.0. The van der Waals surface area contributed by atoms with Crippen LogP contribution in [0.2, 0.25) is 0 Å². The molecule has 1 aromatic carbocycles. The minimum absolute atomic E-state index is 0.134. The topological polar surface area (TPSA) is 98.3 Å². The van der Waals surface area contributed by atoms with Gasteiger partial charge in [-0.3, -0.25) is 13.9 Å². The van der Waals surface area contributed by atoms with Gasteiger partial charge in [-0.2, -0.15) is 5.26 Å². The Hall–Kier alpha value is -3.21. The molecule has 0 unspecified atom stereocenters. The first-order chi connectivity index (χ1) is 10.5. The maximum atomic E-state index is 12.0. The molecule has 0 bridgehead atoms. The lowest BCUT2D eigenvalue weighted by molar-refractivity contribution is 0.174. The van der Waals surface area contributed by atoms with E-state index in [2.05, 4.69) is 5.32 Å². The molecular weight excluding hydrogens is 288 g/mol. The second-order valence-electron chi connectivity index (χ2n) is 4.73. The van der Waals surface area contributed by atoms with Crippen molar-refractivity contribution in [1.82, 2.24) is 9.13 Å². The van der Waals surface area contributed by atoms with E-state index in [1.807, 2.05) is 6.07 Å². The minimum atomic E-state index is -0.645. The van der Waals surface area contributed by atoms with Gasteiger partial charge in [0, 0.05) is 25.8 Å². The Balaban J connectivity index is 2.12. The summed E-state index contributed by atoms with van der Waals surface area (Å²) >= 11 is 0. The van der Waals surface area contributed by atoms with Gasteiger partial charge < -0.3 is 14.8 Å². The molecule has 8 nitrogen and oxygen atoms in total. The number of nitrogens with one attached hydrogen (secondary N) is 1. The zero-order valence-electron chi connectivity index (χ0n) is 11.9. The monoisotopic (exact) mass is 300 g/mol. The van der Waals surface area contributed by atoms with Crippen molar-refractivity contribution in [2.75, 3.05) is 12.1 Å². The van der Waals surface area contributed by atoms with Crippen molar-refractivity contribution in [2.45, 2.75) is 0 Å². The molecule has 112 valence electrons. The Kier molecular flexibility index (Phi) is 3.10. The van der Waals surface area contributed by atoms with Crippen LogP contribution >= 0.6 is 0 Å². The quantitative estimate of drug-likeness (QED) is 0.863. The Bertz CT molecular complexity index is 920. The van der Waals surface area contributed by atoms with E-state index in [4.69, 9.17) is 9.47 Å². The molecular formula is C14H12N4O4. The first-order valence-electron chi connectivity index (χ1n) is 6.39. The SMILES string of the molecule is Cn1c(Nc2ccc3c(c2)OCO3)c(C#N)c(=O)n(C)c1=O. The third kappa shape index (κ3) is 2.00. The molecule has 0 atom stereocenters. The van der Waals surface area contributed by atoms with E-state index in [1.165, 1.54) is 18.7 Å². The highest BCUT2D eigenvalue weighted by Gasteiger charge is 2.17. The summed E-state index contributed by atoms with van der Waals surface area (Å²) in [6.07, 6.45) is 0. The van der Waals surface area contributed by atoms with E-state index < -0.39 is 11.2 Å². The maximum Gasteiger partial charge on any atom is 0.332 e. The number of benzene rings is 1. The van der Waals surface area contributed by atoms with Gasteiger partial charge in [-0.25, -0.2) is 4.79 Å². The van der Waals surface area contributed by atoms with E-state index in [0.717, 1.165) is 4.57 Å². The van der Waals surface area contributed by atoms with Crippen molar-refractivity contribution in [3.63, 3.8) is 0 Å². The number of fused-ring (bicyclic) bond motifs is 1. The number of nitrogens with zero attached hydrogens (tertiary/aromatic N) is 3. The van der Waals surface area contributed by atoms with Crippen LogP contribution in [0.1, 0.15) is 5.56 Å². The zero-order chi connectivity index (χ0) is 15.9. The van der Waals surface area contributed by atoms with Crippen LogP contribution in [0.4, 0.5) is 11.5 Å². The largest absolute Gasteiger partial charge is 0.454 e. The van der Waals surface area contributed by atoms with Crippen LogP contribution in [0, 0.1) is 11.3 Å². The summed E-state index contributed by atoms with van der Waals surface area (Å²) in [5, 5.41) is 12.1. The van der Waals surface area contributed by atoms with Gasteiger partial charge >= 0.3 is 5.69 Å². The number of aromatic nitrogens is 2. The highest BCUT2D eigenvalue weighted by Crippen LogP contribution is 2.35. The van der Waals surface area contributed by atoms with Crippen molar-refractivity contribution < 1.29 is 9.47 Å². The van der Waals surface area contributed by atoms with Gasteiger partial charge in [0.05, 0.1) is 0 Å². The molecule has 0 aliphatic carbocycles. The third-order valence-electron chi connectivity index (χ3n) is 3.41. The lowest BCUT2D eigenvalue weighted by Crippen LogP contribution is -2.39. The van der Waals surface area contributed by atoms with Crippen LogP contribution in [0.5, 0.6) is 11.5 Å². The molecule has 0 spiro atoms. The summed E-state index contributed by atoms with van der Waals surface area (Å²) < 4.78 is 12.6. The van der Waals surface area contributed by atoms with Crippen LogP contribution in [0.3, 0.4) is 0 Å². The smallest absolute Gasteiger partial charge is 0.332 e. The Morgan fingerprint density at radius 1 is 1.18 bits per heavy atom. The van der Waals surface area contributed by atoms with Gasteiger partial charge in [0.25, 0.3) is 5.56 Å². The molecule has 2 aromatic rings. The van der Waals surface area contributed by atoms with E-state index >= 15 is 0 Å². The molecule has 0 saturated carbocycles. The summed E-state index contributed by atoms with van der Waals surface area (Å²) in [6.45, 7) is 0.145. The molecule has 3 rings (SSSR count). The number of hydrogen-bond donors (Lipinski definition) is 1. The average molecular weight is 300 g/mol. The first kappa shape index (κ1) is 13.8. The third-order valence-corrected chi connectivity index (χ3v) is 3.41. The highest BCUT2D eigenvalue weighted by atomic mass is 16.7. The van der Waals surface area contributed by atoms with Crippen molar-refractivity contribution >= 4 is 11.5 Å². The normalized spacial score (nSPS) is 12.0. The second-order valence-corrected chi connectivity index (χ2v) is 4.73. The fourth-order valence-corrected chi connectivity index (χ4v) is 2.20. The second kappa shape index (κ2) is 4.96. The zero-order valence-corrected chi connectivity index (χ0v) is 11.9. The lowest BCUT2D eigenvalue weighted by atomic mass is 10.2. The Morgan fingerprint density at radius 3 is 2.64 bits per heavy atom. The Morgan fingerprint density at radius 2 is 1.91 bits per heavy atom. The predicted octanol–water partition coefficient (Wildman–Crippen LogP) is 0.428. The van der Waals surface area contributed by atoms with Crippen LogP contribution < -0.4 is 26.0 Å². The number of hydrogen-bond acceptors (Lipinski definition) is 6. The summed E-state index contributed by atoms with van der Waals surface area (Å²) in [6, 6.07) is 6.92. The molecule has 0 saturated heterocycles. The standard InChI is InChI=1S/C14H12N4O4/c1-17-12(9(6-15)13(19)18(2)14(17)20)16-8-3-4-10-11(5-8)22-7-21-10/h3-5,16H,7H2,1-2H3. The number of anilines is 2. The molecule has 0 fully saturated rings. The first-order valence-corrected chi connectivity index (χ1v) is 6.39. The summed E-state index contributed by atoms with van der Waals surface area (Å²) in [7, 11) is 2.81. The average Bonchev–Trinajstić information content (AvgIpc) is 2.98. The van der Waals surface area contributed by atoms with Gasteiger partial charge in [-0.05, 0) is 12.1 Å². The van der Waals surface area contributed by atoms with Crippen molar-refractivity contribution in [3.8, 4) is 17.6 Å². The fourth-order valence-electron chi connectivity index (χ4n) is 2.20. The van der Waals surface area contributed by atoms with Crippen LogP contribution in [0.15, 0.2) is 27.8 Å². The summed E-state index contributed by atoms with van der Waals surface area (Å²) in [5.74, 6) is 1.30. The Labute approximate surface area is 124 Å². The van der Waals surface area contributed by atoms with E-state index in [0.29, 0.717) is 17.2 Å². The lowest BCUT2D eigenvalue weighted by Gasteiger charge is -2.13. The molecule has 1 aliphatic heterocycles. The minimum Gasteiger partial charge on any atom is -0.454 e. The van der Waals surface area contributed by atoms with Gasteiger partial charge in [0.15, 0.2) is 17.1 Å². The molecule has 1 aliphatic rings. The molecule has 1 aromatic heterocycles. The predicted molar refractivity (Wildman–Crippen MR) is 77.5 cm³/mol. The molecule has 8 heteroatoms.